The molecule has 102 valence electrons. The van der Waals surface area contributed by atoms with Crippen LogP contribution in [0, 0.1) is 6.92 Å². The zero-order valence-corrected chi connectivity index (χ0v) is 11.4. The van der Waals surface area contributed by atoms with E-state index in [9.17, 15) is 9.50 Å². The van der Waals surface area contributed by atoms with Crippen molar-refractivity contribution in [2.45, 2.75) is 25.7 Å². The van der Waals surface area contributed by atoms with Crippen molar-refractivity contribution >= 4 is 11.3 Å². The third-order valence-corrected chi connectivity index (χ3v) is 4.15. The van der Waals surface area contributed by atoms with Crippen LogP contribution in [0.2, 0.25) is 0 Å². The minimum absolute atomic E-state index is 0.252. The number of aliphatic hydroxyl groups is 1. The Kier molecular flexibility index (Phi) is 3.38. The first-order valence-corrected chi connectivity index (χ1v) is 7.06. The van der Waals surface area contributed by atoms with Gasteiger partial charge >= 0.3 is 0 Å². The first-order chi connectivity index (χ1) is 9.13. The van der Waals surface area contributed by atoms with Gasteiger partial charge in [-0.25, -0.2) is 9.37 Å². The van der Waals surface area contributed by atoms with Crippen LogP contribution < -0.4 is 0 Å². The van der Waals surface area contributed by atoms with E-state index < -0.39 is 12.3 Å². The van der Waals surface area contributed by atoms with Crippen molar-refractivity contribution < 1.29 is 13.9 Å². The molecule has 0 aromatic carbocycles. The molecule has 3 rings (SSSR count). The van der Waals surface area contributed by atoms with E-state index in [2.05, 4.69) is 4.98 Å². The summed E-state index contributed by atoms with van der Waals surface area (Å²) in [5, 5.41) is 11.4. The van der Waals surface area contributed by atoms with Crippen molar-refractivity contribution in [1.82, 2.24) is 9.88 Å². The third-order valence-electron chi connectivity index (χ3n) is 3.29. The average Bonchev–Trinajstić information content (AvgIpc) is 3.04. The number of aromatic nitrogens is 1. The fourth-order valence-corrected chi connectivity index (χ4v) is 2.89. The number of hydrogen-bond donors (Lipinski definition) is 1. The van der Waals surface area contributed by atoms with E-state index in [0.29, 0.717) is 19.0 Å². The largest absolute Gasteiger partial charge is 0.440 e. The van der Waals surface area contributed by atoms with Crippen LogP contribution in [0.5, 0.6) is 0 Å². The number of oxazole rings is 1. The van der Waals surface area contributed by atoms with Crippen LogP contribution in [0.1, 0.15) is 11.5 Å². The van der Waals surface area contributed by atoms with Gasteiger partial charge in [-0.3, -0.25) is 4.90 Å². The zero-order valence-electron chi connectivity index (χ0n) is 10.5. The quantitative estimate of drug-likeness (QED) is 0.938. The Balaban J connectivity index is 1.75. The predicted molar refractivity (Wildman–Crippen MR) is 70.7 cm³/mol. The number of likely N-dealkylation sites (tertiary alicyclic amines) is 1. The summed E-state index contributed by atoms with van der Waals surface area (Å²) in [6.45, 7) is 2.97. The van der Waals surface area contributed by atoms with E-state index in [0.717, 1.165) is 16.3 Å². The van der Waals surface area contributed by atoms with Crippen molar-refractivity contribution in [1.29, 1.82) is 0 Å². The van der Waals surface area contributed by atoms with Gasteiger partial charge in [0.05, 0.1) is 16.7 Å². The van der Waals surface area contributed by atoms with E-state index in [4.69, 9.17) is 4.42 Å². The summed E-state index contributed by atoms with van der Waals surface area (Å²) >= 11 is 1.57. The van der Waals surface area contributed by atoms with E-state index in [1.54, 1.807) is 11.3 Å². The molecule has 0 aliphatic carbocycles. The van der Waals surface area contributed by atoms with Crippen molar-refractivity contribution in [3.05, 3.63) is 29.0 Å². The van der Waals surface area contributed by atoms with Crippen molar-refractivity contribution in [3.8, 4) is 10.8 Å². The summed E-state index contributed by atoms with van der Waals surface area (Å²) < 4.78 is 18.9. The minimum Gasteiger partial charge on any atom is -0.440 e. The molecule has 0 spiro atoms. The monoisotopic (exact) mass is 282 g/mol. The summed E-state index contributed by atoms with van der Waals surface area (Å²) in [6, 6.07) is 3.90. The van der Waals surface area contributed by atoms with Crippen LogP contribution >= 0.6 is 11.3 Å². The SMILES string of the molecule is Cc1oc(-c2cccs2)nc1CN1C[C@@H](O)[C@H](F)C1. The molecular weight excluding hydrogens is 267 g/mol. The normalized spacial score (nSPS) is 24.2. The van der Waals surface area contributed by atoms with E-state index in [-0.39, 0.29) is 6.54 Å². The zero-order chi connectivity index (χ0) is 13.4. The van der Waals surface area contributed by atoms with Gasteiger partial charge < -0.3 is 9.52 Å². The maximum Gasteiger partial charge on any atom is 0.236 e. The average molecular weight is 282 g/mol. The number of nitrogens with zero attached hydrogens (tertiary/aromatic N) is 2. The van der Waals surface area contributed by atoms with Gasteiger partial charge in [-0.05, 0) is 18.4 Å². The highest BCUT2D eigenvalue weighted by molar-refractivity contribution is 7.13. The molecule has 0 radical (unpaired) electrons. The molecule has 1 aliphatic rings. The molecular formula is C13H15FN2O2S. The van der Waals surface area contributed by atoms with Crippen molar-refractivity contribution in [2.75, 3.05) is 13.1 Å². The summed E-state index contributed by atoms with van der Waals surface area (Å²) in [4.78, 5) is 7.31. The molecule has 0 amide bonds. The van der Waals surface area contributed by atoms with Crippen LogP contribution in [-0.2, 0) is 6.54 Å². The maximum atomic E-state index is 13.3. The van der Waals surface area contributed by atoms with E-state index in [1.165, 1.54) is 0 Å². The Labute approximate surface area is 114 Å². The highest BCUT2D eigenvalue weighted by atomic mass is 32.1. The predicted octanol–water partition coefficient (Wildman–Crippen LogP) is 2.23. The molecule has 2 atom stereocenters. The molecule has 19 heavy (non-hydrogen) atoms. The van der Waals surface area contributed by atoms with E-state index >= 15 is 0 Å². The Morgan fingerprint density at radius 3 is 3.05 bits per heavy atom. The molecule has 4 nitrogen and oxygen atoms in total. The second-order valence-electron chi connectivity index (χ2n) is 4.78. The van der Waals surface area contributed by atoms with E-state index in [1.807, 2.05) is 29.3 Å². The Hall–Kier alpha value is -1.24. The summed E-state index contributed by atoms with van der Waals surface area (Å²) in [7, 11) is 0. The number of thiophene rings is 1. The summed E-state index contributed by atoms with van der Waals surface area (Å²) in [5.41, 5.74) is 0.810. The lowest BCUT2D eigenvalue weighted by Gasteiger charge is -2.12. The van der Waals surface area contributed by atoms with Crippen LogP contribution in [-0.4, -0.2) is 40.4 Å². The summed E-state index contributed by atoms with van der Waals surface area (Å²) in [6.07, 6.45) is -2.05. The van der Waals surface area contributed by atoms with Crippen LogP contribution in [0.4, 0.5) is 4.39 Å². The highest BCUT2D eigenvalue weighted by Crippen LogP contribution is 2.27. The molecule has 1 saturated heterocycles. The molecule has 3 heterocycles. The Morgan fingerprint density at radius 1 is 1.58 bits per heavy atom. The molecule has 2 aromatic heterocycles. The Morgan fingerprint density at radius 2 is 2.42 bits per heavy atom. The van der Waals surface area contributed by atoms with Gasteiger partial charge in [0.1, 0.15) is 11.9 Å². The fourth-order valence-electron chi connectivity index (χ4n) is 2.24. The minimum atomic E-state index is -1.16. The van der Waals surface area contributed by atoms with Crippen LogP contribution in [0.25, 0.3) is 10.8 Å². The van der Waals surface area contributed by atoms with Crippen molar-refractivity contribution in [3.63, 3.8) is 0 Å². The van der Waals surface area contributed by atoms with Gasteiger partial charge in [-0.15, -0.1) is 11.3 Å². The third kappa shape index (κ3) is 2.56. The second kappa shape index (κ2) is 5.03. The molecule has 0 bridgehead atoms. The molecule has 0 saturated carbocycles. The Bertz CT molecular complexity index is 545. The number of alkyl halides is 1. The molecule has 0 unspecified atom stereocenters. The topological polar surface area (TPSA) is 49.5 Å². The number of aliphatic hydroxyl groups excluding tert-OH is 1. The van der Waals surface area contributed by atoms with Gasteiger partial charge in [0.2, 0.25) is 5.89 Å². The van der Waals surface area contributed by atoms with Gasteiger partial charge in [0, 0.05) is 19.6 Å². The molecule has 1 aliphatic heterocycles. The van der Waals surface area contributed by atoms with Gasteiger partial charge in [0.25, 0.3) is 0 Å². The number of aryl methyl sites for hydroxylation is 1. The lowest BCUT2D eigenvalue weighted by molar-refractivity contribution is 0.115. The van der Waals surface area contributed by atoms with Crippen molar-refractivity contribution in [2.24, 2.45) is 0 Å². The van der Waals surface area contributed by atoms with Crippen LogP contribution in [0.15, 0.2) is 21.9 Å². The highest BCUT2D eigenvalue weighted by Gasteiger charge is 2.31. The van der Waals surface area contributed by atoms with Gasteiger partial charge in [0.15, 0.2) is 0 Å². The number of halogens is 1. The summed E-state index contributed by atoms with van der Waals surface area (Å²) in [5.74, 6) is 1.36. The smallest absolute Gasteiger partial charge is 0.236 e. The first-order valence-electron chi connectivity index (χ1n) is 6.18. The maximum absolute atomic E-state index is 13.3. The fraction of sp³-hybridized carbons (Fsp3) is 0.462. The first kappa shape index (κ1) is 12.8. The number of β-amino-alcohol motifs (C(OH)–C–C–N with tert-alkyl or cyclic N) is 1. The molecule has 1 N–H and O–H groups in total. The lowest BCUT2D eigenvalue weighted by atomic mass is 10.3. The second-order valence-corrected chi connectivity index (χ2v) is 5.72. The molecule has 2 aromatic rings. The van der Waals surface area contributed by atoms with Gasteiger partial charge in [-0.2, -0.15) is 0 Å². The standard InChI is InChI=1S/C13H15FN2O2S/c1-8-10(6-16-5-9(14)11(17)7-16)15-13(18-8)12-3-2-4-19-12/h2-4,9,11,17H,5-7H2,1H3/t9-,11-/m1/s1. The number of hydrogen-bond acceptors (Lipinski definition) is 5. The molecule has 1 fully saturated rings. The molecule has 6 heteroatoms. The van der Waals surface area contributed by atoms with Gasteiger partial charge in [-0.1, -0.05) is 6.07 Å². The van der Waals surface area contributed by atoms with Crippen LogP contribution in [0.3, 0.4) is 0 Å². The lowest BCUT2D eigenvalue weighted by Crippen LogP contribution is -2.22. The number of rotatable bonds is 3.